The fourth-order valence-electron chi connectivity index (χ4n) is 2.73. The third-order valence-corrected chi connectivity index (χ3v) is 3.85. The van der Waals surface area contributed by atoms with E-state index in [4.69, 9.17) is 11.6 Å². The minimum atomic E-state index is 0.784. The van der Waals surface area contributed by atoms with Crippen molar-refractivity contribution in [3.63, 3.8) is 0 Å². The Kier molecular flexibility index (Phi) is 3.33. The number of aromatic nitrogens is 1. The molecule has 4 heteroatoms. The molecule has 0 atom stereocenters. The predicted molar refractivity (Wildman–Crippen MR) is 81.3 cm³/mol. The summed E-state index contributed by atoms with van der Waals surface area (Å²) in [6.07, 6.45) is 0. The first-order valence-corrected chi connectivity index (χ1v) is 7.06. The molecule has 0 radical (unpaired) electrons. The number of benzene rings is 1. The van der Waals surface area contributed by atoms with E-state index in [1.165, 1.54) is 5.69 Å². The molecule has 1 aliphatic heterocycles. The third kappa shape index (κ3) is 2.40. The number of piperazine rings is 1. The lowest BCUT2D eigenvalue weighted by atomic mass is 10.1. The maximum atomic E-state index is 6.22. The van der Waals surface area contributed by atoms with Gasteiger partial charge in [0, 0.05) is 48.0 Å². The van der Waals surface area contributed by atoms with Crippen molar-refractivity contribution >= 4 is 28.2 Å². The highest BCUT2D eigenvalue weighted by Crippen LogP contribution is 2.31. The quantitative estimate of drug-likeness (QED) is 0.867. The summed E-state index contributed by atoms with van der Waals surface area (Å²) in [5.41, 5.74) is 4.53. The van der Waals surface area contributed by atoms with Crippen molar-refractivity contribution < 1.29 is 0 Å². The molecule has 0 amide bonds. The summed E-state index contributed by atoms with van der Waals surface area (Å²) >= 11 is 6.22. The van der Waals surface area contributed by atoms with E-state index >= 15 is 0 Å². The van der Waals surface area contributed by atoms with Crippen molar-refractivity contribution in [2.24, 2.45) is 0 Å². The number of rotatable bonds is 1. The van der Waals surface area contributed by atoms with Crippen molar-refractivity contribution in [1.82, 2.24) is 10.3 Å². The zero-order chi connectivity index (χ0) is 13.4. The topological polar surface area (TPSA) is 28.2 Å². The largest absolute Gasteiger partial charge is 0.368 e. The van der Waals surface area contributed by atoms with Gasteiger partial charge < -0.3 is 10.2 Å². The summed E-state index contributed by atoms with van der Waals surface area (Å²) in [7, 11) is 0. The summed E-state index contributed by atoms with van der Waals surface area (Å²) in [6, 6.07) is 6.19. The van der Waals surface area contributed by atoms with Crippen LogP contribution in [0.4, 0.5) is 5.69 Å². The highest BCUT2D eigenvalue weighted by molar-refractivity contribution is 6.31. The molecule has 2 aromatic rings. The number of halogens is 1. The molecule has 2 heterocycles. The molecule has 0 bridgehead atoms. The van der Waals surface area contributed by atoms with Crippen LogP contribution in [0.25, 0.3) is 10.9 Å². The first-order valence-electron chi connectivity index (χ1n) is 6.68. The van der Waals surface area contributed by atoms with Crippen LogP contribution in [0, 0.1) is 13.8 Å². The van der Waals surface area contributed by atoms with Gasteiger partial charge in [-0.1, -0.05) is 11.6 Å². The Labute approximate surface area is 118 Å². The lowest BCUT2D eigenvalue weighted by molar-refractivity contribution is 0.590. The maximum Gasteiger partial charge on any atom is 0.0756 e. The molecule has 0 spiro atoms. The molecule has 0 saturated carbocycles. The van der Waals surface area contributed by atoms with Crippen molar-refractivity contribution in [3.8, 4) is 0 Å². The maximum absolute atomic E-state index is 6.22. The van der Waals surface area contributed by atoms with E-state index in [-0.39, 0.29) is 0 Å². The fraction of sp³-hybridized carbons (Fsp3) is 0.400. The number of hydrogen-bond acceptors (Lipinski definition) is 3. The number of fused-ring (bicyclic) bond motifs is 1. The molecule has 1 N–H and O–H groups in total. The monoisotopic (exact) mass is 275 g/mol. The van der Waals surface area contributed by atoms with Crippen LogP contribution in [0.2, 0.25) is 5.02 Å². The second-order valence-electron chi connectivity index (χ2n) is 5.14. The second kappa shape index (κ2) is 4.99. The van der Waals surface area contributed by atoms with Crippen molar-refractivity contribution in [1.29, 1.82) is 0 Å². The van der Waals surface area contributed by atoms with Crippen molar-refractivity contribution in [3.05, 3.63) is 34.5 Å². The van der Waals surface area contributed by atoms with Crippen LogP contribution in [-0.4, -0.2) is 31.2 Å². The van der Waals surface area contributed by atoms with Gasteiger partial charge in [-0.2, -0.15) is 0 Å². The van der Waals surface area contributed by atoms with Crippen molar-refractivity contribution in [2.45, 2.75) is 13.8 Å². The first kappa shape index (κ1) is 12.7. The van der Waals surface area contributed by atoms with Crippen LogP contribution >= 0.6 is 11.6 Å². The minimum Gasteiger partial charge on any atom is -0.368 e. The average molecular weight is 276 g/mol. The Balaban J connectivity index is 2.21. The minimum absolute atomic E-state index is 0.784. The molecule has 0 unspecified atom stereocenters. The summed E-state index contributed by atoms with van der Waals surface area (Å²) < 4.78 is 0. The van der Waals surface area contributed by atoms with Gasteiger partial charge in [0.15, 0.2) is 0 Å². The third-order valence-electron chi connectivity index (χ3n) is 3.63. The highest BCUT2D eigenvalue weighted by atomic mass is 35.5. The standard InChI is InChI=1S/C15H18ClN3/c1-10-7-12(16)9-13-14(8-11(2)18-15(10)13)19-5-3-17-4-6-19/h7-9,17H,3-6H2,1-2H3. The zero-order valence-electron chi connectivity index (χ0n) is 11.3. The predicted octanol–water partition coefficient (Wildman–Crippen LogP) is 2.91. The number of nitrogens with zero attached hydrogens (tertiary/aromatic N) is 2. The lowest BCUT2D eigenvalue weighted by Gasteiger charge is -2.30. The van der Waals surface area contributed by atoms with Gasteiger partial charge in [0.25, 0.3) is 0 Å². The Hall–Kier alpha value is -1.32. The fourth-order valence-corrected chi connectivity index (χ4v) is 3.00. The molecule has 1 saturated heterocycles. The smallest absolute Gasteiger partial charge is 0.0756 e. The van der Waals surface area contributed by atoms with Gasteiger partial charge in [0.05, 0.1) is 5.52 Å². The molecule has 1 aromatic carbocycles. The second-order valence-corrected chi connectivity index (χ2v) is 5.58. The Morgan fingerprint density at radius 3 is 2.63 bits per heavy atom. The van der Waals surface area contributed by atoms with Crippen LogP contribution in [0.1, 0.15) is 11.3 Å². The molecule has 100 valence electrons. The van der Waals surface area contributed by atoms with Gasteiger partial charge in [-0.05, 0) is 37.6 Å². The van der Waals surface area contributed by atoms with Crippen LogP contribution < -0.4 is 10.2 Å². The molecule has 3 rings (SSSR count). The SMILES string of the molecule is Cc1cc(N2CCNCC2)c2cc(Cl)cc(C)c2n1. The molecule has 3 nitrogen and oxygen atoms in total. The van der Waals surface area contributed by atoms with Crippen LogP contribution in [0.5, 0.6) is 0 Å². The van der Waals surface area contributed by atoms with Gasteiger partial charge in [-0.15, -0.1) is 0 Å². The van der Waals surface area contributed by atoms with E-state index in [9.17, 15) is 0 Å². The van der Waals surface area contributed by atoms with Gasteiger partial charge in [-0.25, -0.2) is 0 Å². The van der Waals surface area contributed by atoms with E-state index in [1.54, 1.807) is 0 Å². The Morgan fingerprint density at radius 1 is 1.16 bits per heavy atom. The molecule has 0 aliphatic carbocycles. The van der Waals surface area contributed by atoms with Crippen molar-refractivity contribution in [2.75, 3.05) is 31.1 Å². The van der Waals surface area contributed by atoms with Gasteiger partial charge in [-0.3, -0.25) is 4.98 Å². The number of anilines is 1. The van der Waals surface area contributed by atoms with Gasteiger partial charge in [0.2, 0.25) is 0 Å². The number of hydrogen-bond donors (Lipinski definition) is 1. The van der Waals surface area contributed by atoms with E-state index in [0.717, 1.165) is 53.4 Å². The normalized spacial score (nSPS) is 16.1. The summed E-state index contributed by atoms with van der Waals surface area (Å²) in [5.74, 6) is 0. The Morgan fingerprint density at radius 2 is 1.89 bits per heavy atom. The van der Waals surface area contributed by atoms with Gasteiger partial charge in [0.1, 0.15) is 0 Å². The van der Waals surface area contributed by atoms with E-state index < -0.39 is 0 Å². The molecular formula is C15H18ClN3. The molecular weight excluding hydrogens is 258 g/mol. The molecule has 1 aromatic heterocycles. The first-order chi connectivity index (χ1) is 9.15. The lowest BCUT2D eigenvalue weighted by Crippen LogP contribution is -2.43. The molecule has 1 aliphatic rings. The number of aryl methyl sites for hydroxylation is 2. The number of pyridine rings is 1. The highest BCUT2D eigenvalue weighted by Gasteiger charge is 2.15. The zero-order valence-corrected chi connectivity index (χ0v) is 12.1. The average Bonchev–Trinajstić information content (AvgIpc) is 2.40. The van der Waals surface area contributed by atoms with Gasteiger partial charge >= 0.3 is 0 Å². The number of nitrogens with one attached hydrogen (secondary N) is 1. The van der Waals surface area contributed by atoms with E-state index in [2.05, 4.69) is 35.1 Å². The van der Waals surface area contributed by atoms with Crippen LogP contribution in [0.3, 0.4) is 0 Å². The molecule has 19 heavy (non-hydrogen) atoms. The summed E-state index contributed by atoms with van der Waals surface area (Å²) in [4.78, 5) is 7.09. The summed E-state index contributed by atoms with van der Waals surface area (Å²) in [5, 5.41) is 5.34. The molecule has 1 fully saturated rings. The van der Waals surface area contributed by atoms with Crippen LogP contribution in [0.15, 0.2) is 18.2 Å². The summed E-state index contributed by atoms with van der Waals surface area (Å²) in [6.45, 7) is 8.25. The Bertz CT molecular complexity index is 618. The van der Waals surface area contributed by atoms with Crippen LogP contribution in [-0.2, 0) is 0 Å². The van der Waals surface area contributed by atoms with E-state index in [1.807, 2.05) is 12.1 Å². The van der Waals surface area contributed by atoms with E-state index in [0.29, 0.717) is 0 Å².